The second-order valence-electron chi connectivity index (χ2n) is 4.10. The summed E-state index contributed by atoms with van der Waals surface area (Å²) in [6.07, 6.45) is 7.04. The number of nitrogens with zero attached hydrogens (tertiary/aromatic N) is 2. The van der Waals surface area contributed by atoms with Crippen molar-refractivity contribution < 1.29 is 0 Å². The lowest BCUT2D eigenvalue weighted by molar-refractivity contribution is 0.516. The van der Waals surface area contributed by atoms with Gasteiger partial charge in [0.2, 0.25) is 5.13 Å². The third kappa shape index (κ3) is 3.63. The number of thioether (sulfide) groups is 1. The quantitative estimate of drug-likeness (QED) is 0.875. The van der Waals surface area contributed by atoms with Crippen molar-refractivity contribution in [1.82, 2.24) is 10.2 Å². The number of rotatable bonds is 5. The Hall–Kier alpha value is -0.290. The molecule has 0 bridgehead atoms. The molecule has 1 heterocycles. The maximum absolute atomic E-state index is 4.20. The van der Waals surface area contributed by atoms with Crippen LogP contribution in [-0.2, 0) is 5.75 Å². The molecule has 5 heteroatoms. The van der Waals surface area contributed by atoms with Gasteiger partial charge in [-0.3, -0.25) is 0 Å². The molecule has 0 radical (unpaired) electrons. The fourth-order valence-electron chi connectivity index (χ4n) is 1.96. The van der Waals surface area contributed by atoms with E-state index < -0.39 is 0 Å². The fourth-order valence-corrected chi connectivity index (χ4v) is 4.10. The maximum atomic E-state index is 4.20. The van der Waals surface area contributed by atoms with Crippen LogP contribution >= 0.6 is 23.1 Å². The summed E-state index contributed by atoms with van der Waals surface area (Å²) >= 11 is 3.75. The van der Waals surface area contributed by atoms with Gasteiger partial charge in [0.15, 0.2) is 0 Å². The first-order valence-electron chi connectivity index (χ1n) is 6.06. The average Bonchev–Trinajstić information content (AvgIpc) is 2.76. The van der Waals surface area contributed by atoms with Gasteiger partial charge in [0.1, 0.15) is 5.01 Å². The van der Waals surface area contributed by atoms with Gasteiger partial charge in [0.05, 0.1) is 0 Å². The van der Waals surface area contributed by atoms with Gasteiger partial charge in [0.25, 0.3) is 0 Å². The molecule has 1 saturated carbocycles. The predicted octanol–water partition coefficient (Wildman–Crippen LogP) is 3.54. The van der Waals surface area contributed by atoms with Crippen molar-refractivity contribution >= 4 is 28.2 Å². The van der Waals surface area contributed by atoms with Gasteiger partial charge in [-0.2, -0.15) is 11.8 Å². The highest BCUT2D eigenvalue weighted by Gasteiger charge is 2.14. The third-order valence-corrected chi connectivity index (χ3v) is 5.24. The molecular weight excluding hydrogens is 238 g/mol. The van der Waals surface area contributed by atoms with Gasteiger partial charge in [-0.15, -0.1) is 10.2 Å². The lowest BCUT2D eigenvalue weighted by atomic mass is 10.0. The van der Waals surface area contributed by atoms with Crippen LogP contribution in [0.25, 0.3) is 0 Å². The van der Waals surface area contributed by atoms with Crippen LogP contribution in [0.5, 0.6) is 0 Å². The van der Waals surface area contributed by atoms with Gasteiger partial charge < -0.3 is 5.32 Å². The number of hydrogen-bond acceptors (Lipinski definition) is 5. The summed E-state index contributed by atoms with van der Waals surface area (Å²) in [5.74, 6) is 1.04. The summed E-state index contributed by atoms with van der Waals surface area (Å²) in [5.41, 5.74) is 0. The van der Waals surface area contributed by atoms with E-state index in [0.717, 1.165) is 27.7 Å². The molecule has 1 N–H and O–H groups in total. The monoisotopic (exact) mass is 257 g/mol. The van der Waals surface area contributed by atoms with Gasteiger partial charge in [-0.05, 0) is 19.8 Å². The molecule has 16 heavy (non-hydrogen) atoms. The predicted molar refractivity (Wildman–Crippen MR) is 72.2 cm³/mol. The first kappa shape index (κ1) is 12.2. The van der Waals surface area contributed by atoms with E-state index >= 15 is 0 Å². The van der Waals surface area contributed by atoms with E-state index in [9.17, 15) is 0 Å². The lowest BCUT2D eigenvalue weighted by Crippen LogP contribution is -2.08. The zero-order chi connectivity index (χ0) is 11.2. The maximum Gasteiger partial charge on any atom is 0.205 e. The Balaban J connectivity index is 1.75. The highest BCUT2D eigenvalue weighted by atomic mass is 32.2. The Morgan fingerprint density at radius 2 is 2.12 bits per heavy atom. The first-order chi connectivity index (χ1) is 7.88. The van der Waals surface area contributed by atoms with Crippen LogP contribution in [0.3, 0.4) is 0 Å². The minimum atomic E-state index is 0.861. The van der Waals surface area contributed by atoms with Crippen LogP contribution in [0, 0.1) is 0 Å². The van der Waals surface area contributed by atoms with Crippen molar-refractivity contribution in [3.05, 3.63) is 5.01 Å². The molecule has 1 fully saturated rings. The van der Waals surface area contributed by atoms with Crippen LogP contribution in [-0.4, -0.2) is 22.0 Å². The molecule has 90 valence electrons. The van der Waals surface area contributed by atoms with Gasteiger partial charge >= 0.3 is 0 Å². The highest BCUT2D eigenvalue weighted by molar-refractivity contribution is 7.99. The molecule has 1 aliphatic rings. The summed E-state index contributed by atoms with van der Waals surface area (Å²) in [7, 11) is 0. The number of hydrogen-bond donors (Lipinski definition) is 1. The van der Waals surface area contributed by atoms with Crippen LogP contribution in [0.4, 0.5) is 5.13 Å². The second-order valence-corrected chi connectivity index (χ2v) is 6.45. The number of aromatic nitrogens is 2. The van der Waals surface area contributed by atoms with Crippen molar-refractivity contribution in [3.8, 4) is 0 Å². The van der Waals surface area contributed by atoms with Gasteiger partial charge in [0, 0.05) is 17.5 Å². The largest absolute Gasteiger partial charge is 0.360 e. The number of anilines is 1. The summed E-state index contributed by atoms with van der Waals surface area (Å²) in [5, 5.41) is 14.5. The van der Waals surface area contributed by atoms with Crippen LogP contribution in [0.2, 0.25) is 0 Å². The molecule has 0 aromatic carbocycles. The highest BCUT2D eigenvalue weighted by Crippen LogP contribution is 2.31. The van der Waals surface area contributed by atoms with Crippen molar-refractivity contribution in [1.29, 1.82) is 0 Å². The third-order valence-electron chi connectivity index (χ3n) is 2.79. The van der Waals surface area contributed by atoms with Crippen molar-refractivity contribution in [2.45, 2.75) is 50.0 Å². The molecule has 0 aliphatic heterocycles. The van der Waals surface area contributed by atoms with E-state index in [1.54, 1.807) is 11.3 Å². The molecule has 0 spiro atoms. The Morgan fingerprint density at radius 3 is 2.88 bits per heavy atom. The average molecular weight is 257 g/mol. The molecule has 1 aromatic heterocycles. The molecule has 0 unspecified atom stereocenters. The van der Waals surface area contributed by atoms with Crippen LogP contribution in [0.1, 0.15) is 44.0 Å². The molecule has 0 saturated heterocycles. The molecule has 0 amide bonds. The van der Waals surface area contributed by atoms with Gasteiger partial charge in [-0.1, -0.05) is 30.6 Å². The van der Waals surface area contributed by atoms with E-state index in [4.69, 9.17) is 0 Å². The van der Waals surface area contributed by atoms with Crippen LogP contribution in [0.15, 0.2) is 0 Å². The zero-order valence-electron chi connectivity index (χ0n) is 9.74. The smallest absolute Gasteiger partial charge is 0.205 e. The Bertz CT molecular complexity index is 308. The Labute approximate surface area is 105 Å². The van der Waals surface area contributed by atoms with Crippen molar-refractivity contribution in [2.75, 3.05) is 11.9 Å². The topological polar surface area (TPSA) is 37.8 Å². The molecular formula is C11H19N3S2. The SMILES string of the molecule is CCNc1nnc(CSC2CCCCC2)s1. The van der Waals surface area contributed by atoms with Crippen molar-refractivity contribution in [2.24, 2.45) is 0 Å². The van der Waals surface area contributed by atoms with Crippen LogP contribution < -0.4 is 5.32 Å². The molecule has 1 aliphatic carbocycles. The van der Waals surface area contributed by atoms with Crippen molar-refractivity contribution in [3.63, 3.8) is 0 Å². The molecule has 3 nitrogen and oxygen atoms in total. The van der Waals surface area contributed by atoms with E-state index in [0.29, 0.717) is 0 Å². The summed E-state index contributed by atoms with van der Waals surface area (Å²) in [6.45, 7) is 3.00. The van der Waals surface area contributed by atoms with E-state index in [1.807, 2.05) is 0 Å². The Morgan fingerprint density at radius 1 is 1.31 bits per heavy atom. The fraction of sp³-hybridized carbons (Fsp3) is 0.818. The minimum absolute atomic E-state index is 0.861. The minimum Gasteiger partial charge on any atom is -0.360 e. The molecule has 0 atom stereocenters. The lowest BCUT2D eigenvalue weighted by Gasteiger charge is -2.20. The van der Waals surface area contributed by atoms with E-state index in [-0.39, 0.29) is 0 Å². The first-order valence-corrected chi connectivity index (χ1v) is 7.93. The van der Waals surface area contributed by atoms with E-state index in [2.05, 4.69) is 34.2 Å². The second kappa shape index (κ2) is 6.45. The summed E-state index contributed by atoms with van der Waals surface area (Å²) in [4.78, 5) is 0. The summed E-state index contributed by atoms with van der Waals surface area (Å²) < 4.78 is 0. The normalized spacial score (nSPS) is 17.6. The standard InChI is InChI=1S/C11H19N3S2/c1-2-12-11-14-13-10(16-11)8-15-9-6-4-3-5-7-9/h9H,2-8H2,1H3,(H,12,14). The molecule has 1 aromatic rings. The number of nitrogens with one attached hydrogen (secondary N) is 1. The van der Waals surface area contributed by atoms with Gasteiger partial charge in [-0.25, -0.2) is 0 Å². The summed E-state index contributed by atoms with van der Waals surface area (Å²) in [6, 6.07) is 0. The Kier molecular flexibility index (Phi) is 4.91. The zero-order valence-corrected chi connectivity index (χ0v) is 11.4. The van der Waals surface area contributed by atoms with E-state index in [1.165, 1.54) is 32.1 Å². The molecule has 2 rings (SSSR count).